The number of hydrazine groups is 1. The summed E-state index contributed by atoms with van der Waals surface area (Å²) in [4.78, 5) is 10.4. The third-order valence-corrected chi connectivity index (χ3v) is 3.05. The van der Waals surface area contributed by atoms with E-state index in [1.807, 2.05) is 31.2 Å². The fraction of sp³-hybridized carbons (Fsp3) is 0.267. The van der Waals surface area contributed by atoms with Crippen molar-refractivity contribution in [1.29, 1.82) is 0 Å². The van der Waals surface area contributed by atoms with Crippen molar-refractivity contribution in [3.63, 3.8) is 0 Å². The van der Waals surface area contributed by atoms with E-state index in [0.717, 1.165) is 29.4 Å². The molecule has 0 fully saturated rings. The van der Waals surface area contributed by atoms with Crippen molar-refractivity contribution in [2.24, 2.45) is 10.3 Å². The van der Waals surface area contributed by atoms with Gasteiger partial charge in [0.05, 0.1) is 0 Å². The number of hydrogen-bond acceptors (Lipinski definition) is 5. The molecule has 0 saturated carbocycles. The molecule has 0 aromatic heterocycles. The van der Waals surface area contributed by atoms with Crippen molar-refractivity contribution >= 4 is 6.29 Å². The van der Waals surface area contributed by atoms with Crippen LogP contribution in [0.25, 0.3) is 0 Å². The van der Waals surface area contributed by atoms with E-state index in [9.17, 15) is 4.79 Å². The molecule has 2 N–H and O–H groups in total. The molecule has 5 heteroatoms. The van der Waals surface area contributed by atoms with Crippen LogP contribution in [0.2, 0.25) is 0 Å². The van der Waals surface area contributed by atoms with E-state index in [0.29, 0.717) is 6.42 Å². The van der Waals surface area contributed by atoms with Crippen LogP contribution in [0.1, 0.15) is 19.8 Å². The minimum absolute atomic E-state index is 0.185. The molecule has 0 aromatic rings. The topological polar surface area (TPSA) is 65.8 Å². The van der Waals surface area contributed by atoms with Crippen molar-refractivity contribution in [2.45, 2.75) is 25.9 Å². The SMILES string of the molecule is C/C=C(\C=C/CC=O)C1=CC=CCC=C1C1N=NNN1. The number of allylic oxidation sites excluding steroid dienone is 8. The Kier molecular flexibility index (Phi) is 5.20. The lowest BCUT2D eigenvalue weighted by Crippen LogP contribution is -2.32. The largest absolute Gasteiger partial charge is 0.303 e. The molecule has 1 atom stereocenters. The Labute approximate surface area is 118 Å². The number of nitrogens with zero attached hydrogens (tertiary/aromatic N) is 2. The van der Waals surface area contributed by atoms with Crippen LogP contribution >= 0.6 is 0 Å². The average Bonchev–Trinajstić information content (AvgIpc) is 2.89. The molecular weight excluding hydrogens is 252 g/mol. The number of aldehydes is 1. The zero-order valence-corrected chi connectivity index (χ0v) is 11.4. The summed E-state index contributed by atoms with van der Waals surface area (Å²) >= 11 is 0. The predicted molar refractivity (Wildman–Crippen MR) is 78.4 cm³/mol. The molecular formula is C15H18N4O. The van der Waals surface area contributed by atoms with Gasteiger partial charge in [-0.25, -0.2) is 5.53 Å². The Balaban J connectivity index is 2.28. The molecule has 104 valence electrons. The zero-order valence-electron chi connectivity index (χ0n) is 11.4. The lowest BCUT2D eigenvalue weighted by molar-refractivity contribution is -0.107. The van der Waals surface area contributed by atoms with Gasteiger partial charge in [-0.3, -0.25) is 0 Å². The van der Waals surface area contributed by atoms with Gasteiger partial charge in [0.1, 0.15) is 6.29 Å². The second kappa shape index (κ2) is 7.35. The Hall–Kier alpha value is -2.27. The molecule has 0 amide bonds. The molecule has 0 bridgehead atoms. The van der Waals surface area contributed by atoms with Crippen molar-refractivity contribution in [3.05, 3.63) is 59.3 Å². The molecule has 0 aromatic carbocycles. The Morgan fingerprint density at radius 1 is 1.55 bits per heavy atom. The van der Waals surface area contributed by atoms with E-state index >= 15 is 0 Å². The number of nitrogens with one attached hydrogen (secondary N) is 2. The first kappa shape index (κ1) is 14.1. The first-order chi connectivity index (χ1) is 9.86. The summed E-state index contributed by atoms with van der Waals surface area (Å²) in [5.41, 5.74) is 8.89. The molecule has 1 heterocycles. The van der Waals surface area contributed by atoms with E-state index < -0.39 is 0 Å². The van der Waals surface area contributed by atoms with Crippen LogP contribution in [0.15, 0.2) is 69.6 Å². The fourth-order valence-corrected chi connectivity index (χ4v) is 2.10. The van der Waals surface area contributed by atoms with E-state index in [1.165, 1.54) is 0 Å². The number of rotatable bonds is 5. The molecule has 1 unspecified atom stereocenters. The molecule has 0 saturated heterocycles. The van der Waals surface area contributed by atoms with E-state index in [-0.39, 0.29) is 6.17 Å². The fourth-order valence-electron chi connectivity index (χ4n) is 2.10. The van der Waals surface area contributed by atoms with Crippen LogP contribution in [-0.2, 0) is 4.79 Å². The van der Waals surface area contributed by atoms with Gasteiger partial charge >= 0.3 is 0 Å². The number of carbonyl (C=O) groups is 1. The van der Waals surface area contributed by atoms with Crippen LogP contribution in [0.3, 0.4) is 0 Å². The summed E-state index contributed by atoms with van der Waals surface area (Å²) in [6, 6.07) is 0. The molecule has 2 rings (SSSR count). The van der Waals surface area contributed by atoms with Crippen LogP contribution in [0.4, 0.5) is 0 Å². The third-order valence-electron chi connectivity index (χ3n) is 3.05. The predicted octanol–water partition coefficient (Wildman–Crippen LogP) is 2.69. The van der Waals surface area contributed by atoms with Crippen molar-refractivity contribution in [3.8, 4) is 0 Å². The Morgan fingerprint density at radius 3 is 3.15 bits per heavy atom. The van der Waals surface area contributed by atoms with E-state index in [1.54, 1.807) is 0 Å². The van der Waals surface area contributed by atoms with Gasteiger partial charge in [0.15, 0.2) is 6.17 Å². The molecule has 20 heavy (non-hydrogen) atoms. The Bertz CT molecular complexity index is 538. The summed E-state index contributed by atoms with van der Waals surface area (Å²) in [5, 5.41) is 7.88. The second-order valence-corrected chi connectivity index (χ2v) is 4.33. The van der Waals surface area contributed by atoms with Gasteiger partial charge in [-0.05, 0) is 30.1 Å². The molecule has 5 nitrogen and oxygen atoms in total. The summed E-state index contributed by atoms with van der Waals surface area (Å²) in [7, 11) is 0. The average molecular weight is 270 g/mol. The normalized spacial score (nSPS) is 22.4. The highest BCUT2D eigenvalue weighted by Gasteiger charge is 2.21. The van der Waals surface area contributed by atoms with Gasteiger partial charge in [0, 0.05) is 6.42 Å². The highest BCUT2D eigenvalue weighted by molar-refractivity contribution is 5.57. The van der Waals surface area contributed by atoms with Gasteiger partial charge in [0.2, 0.25) is 0 Å². The monoisotopic (exact) mass is 270 g/mol. The third kappa shape index (κ3) is 3.39. The van der Waals surface area contributed by atoms with E-state index in [4.69, 9.17) is 0 Å². The highest BCUT2D eigenvalue weighted by Crippen LogP contribution is 2.27. The van der Waals surface area contributed by atoms with Gasteiger partial charge < -0.3 is 4.79 Å². The molecule has 2 aliphatic rings. The van der Waals surface area contributed by atoms with Gasteiger partial charge in [-0.15, -0.1) is 5.11 Å². The number of carbonyl (C=O) groups excluding carboxylic acids is 1. The van der Waals surface area contributed by atoms with Crippen molar-refractivity contribution < 1.29 is 4.79 Å². The highest BCUT2D eigenvalue weighted by atomic mass is 16.1. The molecule has 1 aliphatic carbocycles. The lowest BCUT2D eigenvalue weighted by atomic mass is 9.94. The molecule has 0 radical (unpaired) electrons. The van der Waals surface area contributed by atoms with Crippen LogP contribution in [0, 0.1) is 0 Å². The standard InChI is InChI=1S/C15H18N4O/c1-2-12(8-6-7-11-20)13-9-4-3-5-10-14(13)15-16-18-19-17-15/h2-4,6,8-11,15H,5,7H2,1H3,(H,16,19)(H,17,18)/b8-6-,12-2+. The maximum Gasteiger partial charge on any atom is 0.166 e. The zero-order chi connectivity index (χ0) is 14.2. The van der Waals surface area contributed by atoms with Crippen LogP contribution in [0.5, 0.6) is 0 Å². The smallest absolute Gasteiger partial charge is 0.166 e. The van der Waals surface area contributed by atoms with Crippen molar-refractivity contribution in [1.82, 2.24) is 11.0 Å². The summed E-state index contributed by atoms with van der Waals surface area (Å²) in [6.07, 6.45) is 16.2. The van der Waals surface area contributed by atoms with Gasteiger partial charge in [-0.2, -0.15) is 5.43 Å². The minimum atomic E-state index is -0.185. The summed E-state index contributed by atoms with van der Waals surface area (Å²) in [6.45, 7) is 1.98. The van der Waals surface area contributed by atoms with Crippen molar-refractivity contribution in [2.75, 3.05) is 0 Å². The van der Waals surface area contributed by atoms with Crippen LogP contribution in [-0.4, -0.2) is 12.5 Å². The molecule has 1 aliphatic heterocycles. The quantitative estimate of drug-likeness (QED) is 0.596. The second-order valence-electron chi connectivity index (χ2n) is 4.33. The van der Waals surface area contributed by atoms with Crippen LogP contribution < -0.4 is 11.0 Å². The first-order valence-electron chi connectivity index (χ1n) is 6.61. The van der Waals surface area contributed by atoms with Gasteiger partial charge in [0.25, 0.3) is 0 Å². The Morgan fingerprint density at radius 2 is 2.45 bits per heavy atom. The van der Waals surface area contributed by atoms with Gasteiger partial charge in [-0.1, -0.05) is 47.8 Å². The first-order valence-corrected chi connectivity index (χ1v) is 6.61. The maximum atomic E-state index is 10.4. The maximum absolute atomic E-state index is 10.4. The summed E-state index contributed by atoms with van der Waals surface area (Å²) < 4.78 is 0. The van der Waals surface area contributed by atoms with E-state index in [2.05, 4.69) is 39.5 Å². The number of hydrogen-bond donors (Lipinski definition) is 2. The summed E-state index contributed by atoms with van der Waals surface area (Å²) in [5.74, 6) is 0. The molecule has 0 spiro atoms. The minimum Gasteiger partial charge on any atom is -0.303 e. The lowest BCUT2D eigenvalue weighted by Gasteiger charge is -2.16.